The molecule has 2 atom stereocenters. The number of amides is 2. The number of hydrogen-bond acceptors (Lipinski definition) is 6. The molecule has 2 amide bonds. The summed E-state index contributed by atoms with van der Waals surface area (Å²) in [6, 6.07) is 4.21. The summed E-state index contributed by atoms with van der Waals surface area (Å²) in [5, 5.41) is 17.2. The van der Waals surface area contributed by atoms with E-state index in [0.717, 1.165) is 17.0 Å². The molecule has 1 aliphatic rings. The van der Waals surface area contributed by atoms with E-state index in [9.17, 15) is 19.1 Å². The molecular weight excluding hydrogens is 457 g/mol. The molecule has 2 aromatic heterocycles. The molecule has 5 N–H and O–H groups in total. The number of halogens is 1. The number of aliphatic hydroxyl groups is 1. The highest BCUT2D eigenvalue weighted by atomic mass is 32.1. The van der Waals surface area contributed by atoms with Gasteiger partial charge in [0.05, 0.1) is 17.0 Å². The number of rotatable bonds is 5. The third-order valence-electron chi connectivity index (χ3n) is 6.44. The minimum Gasteiger partial charge on any atom is -0.377 e. The Bertz CT molecular complexity index is 1280. The first-order valence-corrected chi connectivity index (χ1v) is 11.8. The molecule has 1 unspecified atom stereocenters. The number of anilines is 2. The van der Waals surface area contributed by atoms with E-state index in [1.54, 1.807) is 38.5 Å². The summed E-state index contributed by atoms with van der Waals surface area (Å²) in [4.78, 5) is 31.3. The van der Waals surface area contributed by atoms with Crippen molar-refractivity contribution in [1.29, 1.82) is 0 Å². The summed E-state index contributed by atoms with van der Waals surface area (Å²) in [5.41, 5.74) is 9.51. The molecule has 0 saturated carbocycles. The Morgan fingerprint density at radius 2 is 2.06 bits per heavy atom. The molecule has 10 heteroatoms. The van der Waals surface area contributed by atoms with Gasteiger partial charge in [0.2, 0.25) is 0 Å². The second kappa shape index (κ2) is 9.19. The Morgan fingerprint density at radius 1 is 1.32 bits per heavy atom. The van der Waals surface area contributed by atoms with Crippen LogP contribution in [0.5, 0.6) is 0 Å². The average Bonchev–Trinajstić information content (AvgIpc) is 3.25. The molecule has 1 aromatic carbocycles. The molecule has 34 heavy (non-hydrogen) atoms. The van der Waals surface area contributed by atoms with Crippen molar-refractivity contribution in [3.63, 3.8) is 0 Å². The number of carbonyl (C=O) groups excluding carboxylic acids is 2. The van der Waals surface area contributed by atoms with Gasteiger partial charge < -0.3 is 26.0 Å². The molecule has 0 aliphatic heterocycles. The fraction of sp³-hybridized carbons (Fsp3) is 0.375. The smallest absolute Gasteiger partial charge is 0.257 e. The van der Waals surface area contributed by atoms with Gasteiger partial charge in [-0.2, -0.15) is 0 Å². The number of aromatic nitrogens is 2. The number of thiazole rings is 1. The van der Waals surface area contributed by atoms with Gasteiger partial charge >= 0.3 is 0 Å². The first-order chi connectivity index (χ1) is 16.1. The van der Waals surface area contributed by atoms with Crippen LogP contribution in [0.25, 0.3) is 0 Å². The molecule has 8 nitrogen and oxygen atoms in total. The van der Waals surface area contributed by atoms with E-state index in [2.05, 4.69) is 15.6 Å². The summed E-state index contributed by atoms with van der Waals surface area (Å²) in [7, 11) is 1.71. The summed E-state index contributed by atoms with van der Waals surface area (Å²) >= 11 is 1.42. The lowest BCUT2D eigenvalue weighted by atomic mass is 9.97. The molecule has 0 fully saturated rings. The minimum absolute atomic E-state index is 0.124. The molecular formula is C24H28FN5O3S. The fourth-order valence-corrected chi connectivity index (χ4v) is 5.52. The number of hydrogen-bond donors (Lipinski definition) is 4. The Labute approximate surface area is 201 Å². The normalized spacial score (nSPS) is 16.1. The average molecular weight is 486 g/mol. The molecule has 1 aliphatic carbocycles. The zero-order valence-electron chi connectivity index (χ0n) is 19.5. The number of nitrogens with one attached hydrogen (secondary N) is 2. The quantitative estimate of drug-likeness (QED) is 0.442. The summed E-state index contributed by atoms with van der Waals surface area (Å²) in [6.07, 6.45) is 0.619. The van der Waals surface area contributed by atoms with Gasteiger partial charge in [0.1, 0.15) is 5.82 Å². The fourth-order valence-electron chi connectivity index (χ4n) is 4.56. The Hall–Kier alpha value is -3.24. The van der Waals surface area contributed by atoms with Crippen molar-refractivity contribution in [2.45, 2.75) is 52.2 Å². The van der Waals surface area contributed by atoms with Crippen molar-refractivity contribution in [2.75, 3.05) is 11.1 Å². The topological polar surface area (TPSA) is 122 Å². The third kappa shape index (κ3) is 4.43. The van der Waals surface area contributed by atoms with Gasteiger partial charge in [-0.25, -0.2) is 9.37 Å². The number of nitrogen functional groups attached to an aromatic ring is 1. The lowest BCUT2D eigenvalue weighted by Crippen LogP contribution is -2.41. The van der Waals surface area contributed by atoms with Crippen LogP contribution >= 0.6 is 11.3 Å². The van der Waals surface area contributed by atoms with E-state index in [4.69, 9.17) is 5.73 Å². The van der Waals surface area contributed by atoms with Crippen LogP contribution in [-0.2, 0) is 24.7 Å². The maximum atomic E-state index is 13.6. The van der Waals surface area contributed by atoms with E-state index >= 15 is 0 Å². The summed E-state index contributed by atoms with van der Waals surface area (Å²) < 4.78 is 15.2. The lowest BCUT2D eigenvalue weighted by molar-refractivity contribution is -0.130. The van der Waals surface area contributed by atoms with Gasteiger partial charge in [-0.15, -0.1) is 11.3 Å². The van der Waals surface area contributed by atoms with Crippen LogP contribution < -0.4 is 16.4 Å². The first-order valence-electron chi connectivity index (χ1n) is 11.0. The van der Waals surface area contributed by atoms with Gasteiger partial charge in [0.15, 0.2) is 11.2 Å². The molecule has 3 aromatic rings. The van der Waals surface area contributed by atoms with Gasteiger partial charge in [0, 0.05) is 35.8 Å². The minimum atomic E-state index is -1.44. The predicted octanol–water partition coefficient (Wildman–Crippen LogP) is 3.09. The van der Waals surface area contributed by atoms with Crippen molar-refractivity contribution in [3.05, 3.63) is 62.7 Å². The molecule has 0 spiro atoms. The van der Waals surface area contributed by atoms with Crippen molar-refractivity contribution in [3.8, 4) is 0 Å². The monoisotopic (exact) mass is 485 g/mol. The molecule has 0 saturated heterocycles. The van der Waals surface area contributed by atoms with Crippen LogP contribution in [0.15, 0.2) is 18.2 Å². The van der Waals surface area contributed by atoms with Crippen LogP contribution in [-0.4, -0.2) is 32.5 Å². The number of nitrogens with two attached hydrogens (primary N) is 1. The van der Waals surface area contributed by atoms with Crippen molar-refractivity contribution < 1.29 is 19.1 Å². The number of benzene rings is 1. The molecule has 180 valence electrons. The SMILES string of the molecule is Cc1cc(NC(=O)c2c(C)c(C(O)C(=O)N[C@@H]3CCc4nc(N)sc4C3)n(C)c2C)ccc1F. The van der Waals surface area contributed by atoms with Crippen molar-refractivity contribution >= 4 is 34.0 Å². The highest BCUT2D eigenvalue weighted by molar-refractivity contribution is 7.15. The highest BCUT2D eigenvalue weighted by Crippen LogP contribution is 2.30. The number of aryl methyl sites for hydroxylation is 2. The van der Waals surface area contributed by atoms with Crippen LogP contribution in [0.3, 0.4) is 0 Å². The van der Waals surface area contributed by atoms with E-state index in [0.29, 0.717) is 51.7 Å². The maximum absolute atomic E-state index is 13.6. The number of aliphatic hydroxyl groups excluding tert-OH is 1. The van der Waals surface area contributed by atoms with Gasteiger partial charge in [-0.05, 0) is 62.9 Å². The molecule has 0 radical (unpaired) electrons. The van der Waals surface area contributed by atoms with Gasteiger partial charge in [-0.3, -0.25) is 9.59 Å². The Morgan fingerprint density at radius 3 is 2.76 bits per heavy atom. The Balaban J connectivity index is 1.51. The molecule has 4 rings (SSSR count). The van der Waals surface area contributed by atoms with Crippen molar-refractivity contribution in [1.82, 2.24) is 14.9 Å². The van der Waals surface area contributed by atoms with Crippen LogP contribution in [0.4, 0.5) is 15.2 Å². The maximum Gasteiger partial charge on any atom is 0.257 e. The van der Waals surface area contributed by atoms with E-state index in [1.165, 1.54) is 23.5 Å². The van der Waals surface area contributed by atoms with Crippen LogP contribution in [0.1, 0.15) is 56.0 Å². The Kier molecular flexibility index (Phi) is 6.46. The van der Waals surface area contributed by atoms with Gasteiger partial charge in [0.25, 0.3) is 11.8 Å². The van der Waals surface area contributed by atoms with E-state index < -0.39 is 17.9 Å². The van der Waals surface area contributed by atoms with Gasteiger partial charge in [-0.1, -0.05) is 0 Å². The number of fused-ring (bicyclic) bond motifs is 1. The summed E-state index contributed by atoms with van der Waals surface area (Å²) in [6.45, 7) is 5.08. The molecule has 0 bridgehead atoms. The largest absolute Gasteiger partial charge is 0.377 e. The molecule has 2 heterocycles. The third-order valence-corrected chi connectivity index (χ3v) is 7.39. The van der Waals surface area contributed by atoms with E-state index in [-0.39, 0.29) is 11.9 Å². The zero-order chi connectivity index (χ0) is 24.7. The lowest BCUT2D eigenvalue weighted by Gasteiger charge is -2.24. The number of nitrogens with zero attached hydrogens (tertiary/aromatic N) is 2. The number of carbonyl (C=O) groups is 2. The summed E-state index contributed by atoms with van der Waals surface area (Å²) in [5.74, 6) is -1.26. The van der Waals surface area contributed by atoms with Crippen molar-refractivity contribution in [2.24, 2.45) is 7.05 Å². The second-order valence-electron chi connectivity index (χ2n) is 8.72. The highest BCUT2D eigenvalue weighted by Gasteiger charge is 2.31. The standard InChI is InChI=1S/C24H28FN5O3S/c1-11-9-14(5-7-16(11)25)27-22(32)19-12(2)20(30(4)13(19)3)21(31)23(33)28-15-6-8-17-18(10-15)34-24(26)29-17/h5,7,9,15,21,31H,6,8,10H2,1-4H3,(H2,26,29)(H,27,32)(H,28,33)/t15-,21?/m1/s1. The first kappa shape index (κ1) is 23.9. The predicted molar refractivity (Wildman–Crippen MR) is 129 cm³/mol. The zero-order valence-corrected chi connectivity index (χ0v) is 20.3. The van der Waals surface area contributed by atoms with E-state index in [1.807, 2.05) is 0 Å². The van der Waals surface area contributed by atoms with Crippen LogP contribution in [0.2, 0.25) is 0 Å². The van der Waals surface area contributed by atoms with Crippen LogP contribution in [0, 0.1) is 26.6 Å². The second-order valence-corrected chi connectivity index (χ2v) is 9.84.